The van der Waals surface area contributed by atoms with E-state index in [2.05, 4.69) is 41.1 Å². The topological polar surface area (TPSA) is 73.8 Å². The Hall–Kier alpha value is -2.45. The summed E-state index contributed by atoms with van der Waals surface area (Å²) < 4.78 is 6.92. The van der Waals surface area contributed by atoms with Crippen molar-refractivity contribution in [2.75, 3.05) is 0 Å². The third-order valence-electron chi connectivity index (χ3n) is 4.29. The predicted molar refractivity (Wildman–Crippen MR) is 108 cm³/mol. The smallest absolute Gasteiger partial charge is 0.262 e. The van der Waals surface area contributed by atoms with Crippen LogP contribution in [-0.4, -0.2) is 19.7 Å². The minimum absolute atomic E-state index is 0.0415. The molecule has 0 N–H and O–H groups in total. The number of hydrogen-bond donors (Lipinski definition) is 0. The van der Waals surface area contributed by atoms with E-state index in [0.717, 1.165) is 10.4 Å². The Morgan fingerprint density at radius 2 is 1.96 bits per heavy atom. The third kappa shape index (κ3) is 3.54. The highest BCUT2D eigenvalue weighted by Crippen LogP contribution is 2.25. The van der Waals surface area contributed by atoms with E-state index in [9.17, 15) is 4.79 Å². The summed E-state index contributed by atoms with van der Waals surface area (Å²) in [6.45, 7) is 4.32. The Morgan fingerprint density at radius 1 is 1.19 bits per heavy atom. The van der Waals surface area contributed by atoms with E-state index in [0.29, 0.717) is 33.9 Å². The highest BCUT2D eigenvalue weighted by molar-refractivity contribution is 7.98. The van der Waals surface area contributed by atoms with Crippen LogP contribution in [0.4, 0.5) is 0 Å². The fourth-order valence-corrected chi connectivity index (χ4v) is 4.30. The maximum Gasteiger partial charge on any atom is 0.262 e. The van der Waals surface area contributed by atoms with Crippen molar-refractivity contribution >= 4 is 33.3 Å². The zero-order valence-electron chi connectivity index (χ0n) is 15.2. The summed E-state index contributed by atoms with van der Waals surface area (Å²) in [6, 6.07) is 9.99. The summed E-state index contributed by atoms with van der Waals surface area (Å²) in [4.78, 5) is 22.1. The van der Waals surface area contributed by atoms with E-state index in [4.69, 9.17) is 4.52 Å². The van der Waals surface area contributed by atoms with Crippen LogP contribution in [0.3, 0.4) is 0 Å². The summed E-state index contributed by atoms with van der Waals surface area (Å²) >= 11 is 2.87. The van der Waals surface area contributed by atoms with E-state index >= 15 is 0 Å². The van der Waals surface area contributed by atoms with Crippen LogP contribution in [0.25, 0.3) is 21.6 Å². The standard InChI is InChI=1S/C19H18N4O2S2/c1-11(2)12-4-6-13(7-5-12)16-20-15(25-22-16)10-27-19-21-17-14(8-9-26-17)18(24)23(19)3/h4-9,11H,10H2,1-3H3. The molecule has 0 saturated carbocycles. The van der Waals surface area contributed by atoms with Gasteiger partial charge in [-0.05, 0) is 22.9 Å². The molecule has 0 unspecified atom stereocenters. The molecule has 3 heterocycles. The summed E-state index contributed by atoms with van der Waals surface area (Å²) in [6.07, 6.45) is 0. The lowest BCUT2D eigenvalue weighted by Crippen LogP contribution is -2.19. The molecule has 0 saturated heterocycles. The first-order valence-electron chi connectivity index (χ1n) is 8.53. The van der Waals surface area contributed by atoms with Crippen molar-refractivity contribution in [3.05, 3.63) is 57.5 Å². The van der Waals surface area contributed by atoms with Gasteiger partial charge in [-0.1, -0.05) is 55.0 Å². The van der Waals surface area contributed by atoms with Crippen LogP contribution in [-0.2, 0) is 12.8 Å². The van der Waals surface area contributed by atoms with Gasteiger partial charge in [-0.25, -0.2) is 4.98 Å². The fourth-order valence-electron chi connectivity index (χ4n) is 2.68. The molecule has 0 aliphatic carbocycles. The van der Waals surface area contributed by atoms with Crippen molar-refractivity contribution in [1.82, 2.24) is 19.7 Å². The molecule has 3 aromatic heterocycles. The van der Waals surface area contributed by atoms with Gasteiger partial charge >= 0.3 is 0 Å². The Kier molecular flexibility index (Phi) is 4.84. The third-order valence-corrected chi connectivity index (χ3v) is 6.11. The molecule has 0 spiro atoms. The Balaban J connectivity index is 1.52. The Bertz CT molecular complexity index is 1140. The van der Waals surface area contributed by atoms with Crippen molar-refractivity contribution in [3.63, 3.8) is 0 Å². The molecule has 138 valence electrons. The molecule has 4 aromatic rings. The summed E-state index contributed by atoms with van der Waals surface area (Å²) in [5, 5.41) is 7.23. The Labute approximate surface area is 164 Å². The first kappa shape index (κ1) is 17.9. The minimum Gasteiger partial charge on any atom is -0.338 e. The van der Waals surface area contributed by atoms with Crippen molar-refractivity contribution in [1.29, 1.82) is 0 Å². The molecule has 1 aromatic carbocycles. The highest BCUT2D eigenvalue weighted by atomic mass is 32.2. The molecule has 0 bridgehead atoms. The van der Waals surface area contributed by atoms with Gasteiger partial charge in [-0.3, -0.25) is 9.36 Å². The second kappa shape index (κ2) is 7.28. The second-order valence-corrected chi connectivity index (χ2v) is 8.31. The van der Waals surface area contributed by atoms with Crippen LogP contribution in [0.1, 0.15) is 31.2 Å². The zero-order chi connectivity index (χ0) is 19.0. The number of nitrogens with zero attached hydrogens (tertiary/aromatic N) is 4. The van der Waals surface area contributed by atoms with Crippen molar-refractivity contribution in [3.8, 4) is 11.4 Å². The summed E-state index contributed by atoms with van der Waals surface area (Å²) in [5.74, 6) is 2.00. The van der Waals surface area contributed by atoms with Gasteiger partial charge in [0.15, 0.2) is 5.16 Å². The van der Waals surface area contributed by atoms with Crippen LogP contribution in [0.5, 0.6) is 0 Å². The lowest BCUT2D eigenvalue weighted by atomic mass is 10.0. The number of aromatic nitrogens is 4. The number of hydrogen-bond acceptors (Lipinski definition) is 7. The van der Waals surface area contributed by atoms with E-state index < -0.39 is 0 Å². The number of benzene rings is 1. The lowest BCUT2D eigenvalue weighted by Gasteiger charge is -2.05. The molecule has 0 radical (unpaired) electrons. The molecule has 0 aliphatic rings. The van der Waals surface area contributed by atoms with Crippen LogP contribution in [0.15, 0.2) is 50.2 Å². The van der Waals surface area contributed by atoms with Gasteiger partial charge in [0, 0.05) is 12.6 Å². The number of rotatable bonds is 5. The number of thiophene rings is 1. The van der Waals surface area contributed by atoms with Gasteiger partial charge < -0.3 is 4.52 Å². The van der Waals surface area contributed by atoms with Crippen molar-refractivity contribution < 1.29 is 4.52 Å². The molecule has 4 rings (SSSR count). The van der Waals surface area contributed by atoms with E-state index in [-0.39, 0.29) is 5.56 Å². The van der Waals surface area contributed by atoms with Gasteiger partial charge in [-0.15, -0.1) is 11.3 Å². The number of fused-ring (bicyclic) bond motifs is 1. The lowest BCUT2D eigenvalue weighted by molar-refractivity contribution is 0.391. The molecule has 8 heteroatoms. The van der Waals surface area contributed by atoms with Gasteiger partial charge in [0.25, 0.3) is 5.56 Å². The second-order valence-electron chi connectivity index (χ2n) is 6.48. The van der Waals surface area contributed by atoms with Crippen LogP contribution in [0, 0.1) is 0 Å². The first-order chi connectivity index (χ1) is 13.0. The van der Waals surface area contributed by atoms with E-state index in [1.807, 2.05) is 17.5 Å². The van der Waals surface area contributed by atoms with Gasteiger partial charge in [0.1, 0.15) is 4.83 Å². The molecule has 6 nitrogen and oxygen atoms in total. The van der Waals surface area contributed by atoms with Gasteiger partial charge in [-0.2, -0.15) is 4.98 Å². The summed E-state index contributed by atoms with van der Waals surface area (Å²) in [5.41, 5.74) is 2.15. The maximum atomic E-state index is 12.4. The maximum absolute atomic E-state index is 12.4. The largest absolute Gasteiger partial charge is 0.338 e. The van der Waals surface area contributed by atoms with E-state index in [1.165, 1.54) is 28.7 Å². The van der Waals surface area contributed by atoms with Gasteiger partial charge in [0.05, 0.1) is 11.1 Å². The zero-order valence-corrected chi connectivity index (χ0v) is 16.8. The minimum atomic E-state index is -0.0415. The molecule has 0 atom stereocenters. The monoisotopic (exact) mass is 398 g/mol. The van der Waals surface area contributed by atoms with Crippen LogP contribution >= 0.6 is 23.1 Å². The normalized spacial score (nSPS) is 11.6. The molecule has 0 fully saturated rings. The quantitative estimate of drug-likeness (QED) is 0.365. The summed E-state index contributed by atoms with van der Waals surface area (Å²) in [7, 11) is 1.73. The SMILES string of the molecule is CC(C)c1ccc(-c2noc(CSc3nc4sccc4c(=O)n3C)n2)cc1. The molecular weight excluding hydrogens is 380 g/mol. The molecular formula is C19H18N4O2S2. The average molecular weight is 399 g/mol. The van der Waals surface area contributed by atoms with Crippen LogP contribution in [0.2, 0.25) is 0 Å². The highest BCUT2D eigenvalue weighted by Gasteiger charge is 2.13. The van der Waals surface area contributed by atoms with Gasteiger partial charge in [0.2, 0.25) is 11.7 Å². The van der Waals surface area contributed by atoms with Crippen LogP contribution < -0.4 is 5.56 Å². The average Bonchev–Trinajstić information content (AvgIpc) is 3.33. The predicted octanol–water partition coefficient (Wildman–Crippen LogP) is 4.46. The molecule has 0 aliphatic heterocycles. The fraction of sp³-hybridized carbons (Fsp3) is 0.263. The number of thioether (sulfide) groups is 1. The van der Waals surface area contributed by atoms with Crippen molar-refractivity contribution in [2.24, 2.45) is 7.05 Å². The van der Waals surface area contributed by atoms with E-state index in [1.54, 1.807) is 17.7 Å². The Morgan fingerprint density at radius 3 is 2.70 bits per heavy atom. The molecule has 27 heavy (non-hydrogen) atoms. The first-order valence-corrected chi connectivity index (χ1v) is 10.4. The van der Waals surface area contributed by atoms with Crippen molar-refractivity contribution in [2.45, 2.75) is 30.7 Å². The molecule has 0 amide bonds.